The Balaban J connectivity index is 1.96. The van der Waals surface area contributed by atoms with Crippen molar-refractivity contribution >= 4 is 0 Å². The van der Waals surface area contributed by atoms with Crippen molar-refractivity contribution in [3.63, 3.8) is 0 Å². The summed E-state index contributed by atoms with van der Waals surface area (Å²) in [5, 5.41) is 17.3. The first-order valence-electron chi connectivity index (χ1n) is 6.78. The molecule has 3 aromatic rings. The Bertz CT molecular complexity index is 779. The van der Waals surface area contributed by atoms with Crippen LogP contribution in [0.15, 0.2) is 48.5 Å². The molecule has 0 saturated carbocycles. The maximum Gasteiger partial charge on any atom is 0.125 e. The lowest BCUT2D eigenvalue weighted by molar-refractivity contribution is 0.412. The number of aromatic amines is 1. The molecule has 0 aliphatic rings. The van der Waals surface area contributed by atoms with E-state index in [1.165, 1.54) is 0 Å². The van der Waals surface area contributed by atoms with Crippen molar-refractivity contribution in [1.82, 2.24) is 10.2 Å². The van der Waals surface area contributed by atoms with Crippen molar-refractivity contribution in [2.45, 2.75) is 0 Å². The molecule has 0 bridgehead atoms. The third-order valence-corrected chi connectivity index (χ3v) is 3.46. The fourth-order valence-corrected chi connectivity index (χ4v) is 2.23. The van der Waals surface area contributed by atoms with Crippen LogP contribution in [0.4, 0.5) is 0 Å². The zero-order chi connectivity index (χ0) is 15.5. The van der Waals surface area contributed by atoms with E-state index in [4.69, 9.17) is 9.47 Å². The normalized spacial score (nSPS) is 10.5. The van der Waals surface area contributed by atoms with Gasteiger partial charge < -0.3 is 14.6 Å². The third-order valence-electron chi connectivity index (χ3n) is 3.46. The van der Waals surface area contributed by atoms with E-state index >= 15 is 0 Å². The van der Waals surface area contributed by atoms with E-state index in [2.05, 4.69) is 10.2 Å². The molecule has 2 aromatic carbocycles. The van der Waals surface area contributed by atoms with Gasteiger partial charge in [-0.25, -0.2) is 0 Å². The van der Waals surface area contributed by atoms with Crippen LogP contribution in [0, 0.1) is 0 Å². The third kappa shape index (κ3) is 2.61. The van der Waals surface area contributed by atoms with Gasteiger partial charge in [-0.2, -0.15) is 5.10 Å². The Morgan fingerprint density at radius 1 is 0.909 bits per heavy atom. The number of benzene rings is 2. The van der Waals surface area contributed by atoms with Gasteiger partial charge in [0.15, 0.2) is 0 Å². The van der Waals surface area contributed by atoms with Crippen molar-refractivity contribution in [2.75, 3.05) is 14.2 Å². The minimum Gasteiger partial charge on any atom is -0.507 e. The number of rotatable bonds is 4. The second-order valence-electron chi connectivity index (χ2n) is 4.78. The van der Waals surface area contributed by atoms with Gasteiger partial charge >= 0.3 is 0 Å². The number of phenolic OH excluding ortho intramolecular Hbond substituents is 1. The second-order valence-corrected chi connectivity index (χ2v) is 4.78. The zero-order valence-corrected chi connectivity index (χ0v) is 12.3. The van der Waals surface area contributed by atoms with Crippen LogP contribution in [0.2, 0.25) is 0 Å². The highest BCUT2D eigenvalue weighted by molar-refractivity contribution is 5.73. The molecule has 112 valence electrons. The average Bonchev–Trinajstić information content (AvgIpc) is 3.05. The Morgan fingerprint density at radius 2 is 1.59 bits per heavy atom. The van der Waals surface area contributed by atoms with Crippen LogP contribution in [-0.4, -0.2) is 29.5 Å². The van der Waals surface area contributed by atoms with Gasteiger partial charge in [0.05, 0.1) is 25.6 Å². The summed E-state index contributed by atoms with van der Waals surface area (Å²) >= 11 is 0. The van der Waals surface area contributed by atoms with Crippen molar-refractivity contribution < 1.29 is 14.6 Å². The summed E-state index contributed by atoms with van der Waals surface area (Å²) in [4.78, 5) is 0. The van der Waals surface area contributed by atoms with E-state index in [1.807, 2.05) is 30.3 Å². The van der Waals surface area contributed by atoms with Crippen LogP contribution in [0.25, 0.3) is 22.5 Å². The molecule has 0 fully saturated rings. The number of aromatic nitrogens is 2. The lowest BCUT2D eigenvalue weighted by Gasteiger charge is -2.04. The van der Waals surface area contributed by atoms with E-state index < -0.39 is 0 Å². The molecule has 3 rings (SSSR count). The first kappa shape index (κ1) is 14.0. The lowest BCUT2D eigenvalue weighted by atomic mass is 10.1. The molecular weight excluding hydrogens is 280 g/mol. The summed E-state index contributed by atoms with van der Waals surface area (Å²) < 4.78 is 10.3. The first-order chi connectivity index (χ1) is 10.7. The number of phenols is 1. The highest BCUT2D eigenvalue weighted by Crippen LogP contribution is 2.33. The van der Waals surface area contributed by atoms with Gasteiger partial charge in [-0.1, -0.05) is 0 Å². The molecular formula is C17H16N2O3. The number of ether oxygens (including phenoxy) is 2. The molecule has 22 heavy (non-hydrogen) atoms. The Kier molecular flexibility index (Phi) is 3.70. The minimum atomic E-state index is 0.172. The van der Waals surface area contributed by atoms with E-state index in [-0.39, 0.29) is 5.75 Å². The highest BCUT2D eigenvalue weighted by atomic mass is 16.5. The second kappa shape index (κ2) is 5.81. The molecule has 0 unspecified atom stereocenters. The summed E-state index contributed by atoms with van der Waals surface area (Å²) in [6.45, 7) is 0. The summed E-state index contributed by atoms with van der Waals surface area (Å²) in [6.07, 6.45) is 0. The van der Waals surface area contributed by atoms with Gasteiger partial charge in [-0.3, -0.25) is 5.10 Å². The standard InChI is InChI=1S/C17H16N2O3/c1-21-12-5-3-11(4-6-12)15-10-16(19-18-15)14-9-13(22-2)7-8-17(14)20/h3-10,20H,1-2H3,(H,18,19). The molecule has 1 aromatic heterocycles. The minimum absolute atomic E-state index is 0.172. The fourth-order valence-electron chi connectivity index (χ4n) is 2.23. The number of nitrogens with zero attached hydrogens (tertiary/aromatic N) is 1. The van der Waals surface area contributed by atoms with Gasteiger partial charge in [0.1, 0.15) is 17.2 Å². The summed E-state index contributed by atoms with van der Waals surface area (Å²) in [5.74, 6) is 1.64. The van der Waals surface area contributed by atoms with Crippen LogP contribution in [0.3, 0.4) is 0 Å². The van der Waals surface area contributed by atoms with E-state index in [0.717, 1.165) is 22.7 Å². The topological polar surface area (TPSA) is 67.4 Å². The van der Waals surface area contributed by atoms with Crippen molar-refractivity contribution in [3.8, 4) is 39.8 Å². The SMILES string of the molecule is COc1ccc(-c2cc(-c3cc(OC)ccc3O)[nH]n2)cc1. The number of hydrogen-bond acceptors (Lipinski definition) is 4. The largest absolute Gasteiger partial charge is 0.507 e. The first-order valence-corrected chi connectivity index (χ1v) is 6.78. The number of methoxy groups -OCH3 is 2. The average molecular weight is 296 g/mol. The van der Waals surface area contributed by atoms with Crippen LogP contribution in [0.5, 0.6) is 17.2 Å². The fraction of sp³-hybridized carbons (Fsp3) is 0.118. The van der Waals surface area contributed by atoms with Crippen LogP contribution in [-0.2, 0) is 0 Å². The maximum atomic E-state index is 10.0. The monoisotopic (exact) mass is 296 g/mol. The molecule has 0 saturated heterocycles. The molecule has 0 amide bonds. The van der Waals surface area contributed by atoms with Gasteiger partial charge in [0.2, 0.25) is 0 Å². The molecule has 0 aliphatic heterocycles. The zero-order valence-electron chi connectivity index (χ0n) is 12.3. The summed E-state index contributed by atoms with van der Waals surface area (Å²) in [5.41, 5.74) is 3.12. The Labute approximate surface area is 128 Å². The van der Waals surface area contributed by atoms with Gasteiger partial charge in [0.25, 0.3) is 0 Å². The summed E-state index contributed by atoms with van der Waals surface area (Å²) in [6, 6.07) is 14.6. The number of H-pyrrole nitrogens is 1. The van der Waals surface area contributed by atoms with Gasteiger partial charge in [-0.05, 0) is 48.5 Å². The van der Waals surface area contributed by atoms with Crippen LogP contribution in [0.1, 0.15) is 0 Å². The summed E-state index contributed by atoms with van der Waals surface area (Å²) in [7, 11) is 3.22. The quantitative estimate of drug-likeness (QED) is 0.773. The van der Waals surface area contributed by atoms with Crippen molar-refractivity contribution in [3.05, 3.63) is 48.5 Å². The maximum absolute atomic E-state index is 10.0. The molecule has 2 N–H and O–H groups in total. The van der Waals surface area contributed by atoms with Gasteiger partial charge in [-0.15, -0.1) is 0 Å². The predicted octanol–water partition coefficient (Wildman–Crippen LogP) is 3.47. The predicted molar refractivity (Wildman–Crippen MR) is 84.2 cm³/mol. The Hall–Kier alpha value is -2.95. The van der Waals surface area contributed by atoms with Crippen LogP contribution >= 0.6 is 0 Å². The van der Waals surface area contributed by atoms with E-state index in [0.29, 0.717) is 11.3 Å². The number of nitrogens with one attached hydrogen (secondary N) is 1. The number of aromatic hydroxyl groups is 1. The highest BCUT2D eigenvalue weighted by Gasteiger charge is 2.11. The molecule has 5 heteroatoms. The van der Waals surface area contributed by atoms with Gasteiger partial charge in [0, 0.05) is 11.1 Å². The van der Waals surface area contributed by atoms with E-state index in [1.54, 1.807) is 32.4 Å². The molecule has 0 spiro atoms. The number of hydrogen-bond donors (Lipinski definition) is 2. The van der Waals surface area contributed by atoms with Crippen molar-refractivity contribution in [2.24, 2.45) is 0 Å². The smallest absolute Gasteiger partial charge is 0.125 e. The molecule has 5 nitrogen and oxygen atoms in total. The van der Waals surface area contributed by atoms with Crippen molar-refractivity contribution in [1.29, 1.82) is 0 Å². The van der Waals surface area contributed by atoms with E-state index in [9.17, 15) is 5.11 Å². The molecule has 0 aliphatic carbocycles. The molecule has 0 atom stereocenters. The Morgan fingerprint density at radius 3 is 2.27 bits per heavy atom. The molecule has 1 heterocycles. The lowest BCUT2D eigenvalue weighted by Crippen LogP contribution is -1.85. The molecule has 0 radical (unpaired) electrons. The van der Waals surface area contributed by atoms with Crippen LogP contribution < -0.4 is 9.47 Å².